The molecular weight excluding hydrogens is 244 g/mol. The van der Waals surface area contributed by atoms with E-state index in [1.54, 1.807) is 30.3 Å². The Morgan fingerprint density at radius 1 is 1.32 bits per heavy atom. The zero-order valence-corrected chi connectivity index (χ0v) is 11.2. The van der Waals surface area contributed by atoms with Gasteiger partial charge in [-0.15, -0.1) is 0 Å². The molecule has 0 aliphatic heterocycles. The molecule has 0 saturated carbocycles. The number of aliphatic hydroxyl groups is 1. The number of nitrogens with two attached hydrogens (primary N) is 1. The largest absolute Gasteiger partial charge is 0.378 e. The number of carbonyl (C=O) groups is 2. The van der Waals surface area contributed by atoms with Crippen LogP contribution in [0, 0.1) is 5.92 Å². The van der Waals surface area contributed by atoms with Crippen molar-refractivity contribution in [3.63, 3.8) is 0 Å². The minimum Gasteiger partial charge on any atom is -0.378 e. The minimum atomic E-state index is -1.30. The van der Waals surface area contributed by atoms with Crippen LogP contribution >= 0.6 is 0 Å². The van der Waals surface area contributed by atoms with E-state index < -0.39 is 24.0 Å². The van der Waals surface area contributed by atoms with Gasteiger partial charge in [-0.2, -0.15) is 0 Å². The Kier molecular flexibility index (Phi) is 5.51. The van der Waals surface area contributed by atoms with Gasteiger partial charge < -0.3 is 16.2 Å². The first-order valence-electron chi connectivity index (χ1n) is 6.30. The molecule has 0 fully saturated rings. The van der Waals surface area contributed by atoms with Crippen LogP contribution in [0.15, 0.2) is 30.3 Å². The third-order valence-electron chi connectivity index (χ3n) is 3.18. The molecule has 19 heavy (non-hydrogen) atoms. The lowest BCUT2D eigenvalue weighted by Gasteiger charge is -2.22. The normalized spacial score (nSPS) is 15.3. The number of carbonyl (C=O) groups excluding carboxylic acids is 2. The Bertz CT molecular complexity index is 434. The Balaban J connectivity index is 2.75. The van der Waals surface area contributed by atoms with Gasteiger partial charge in [-0.1, -0.05) is 50.6 Å². The van der Waals surface area contributed by atoms with Crippen LogP contribution in [0.25, 0.3) is 0 Å². The van der Waals surface area contributed by atoms with Gasteiger partial charge in [-0.05, 0) is 11.5 Å². The fourth-order valence-electron chi connectivity index (χ4n) is 1.75. The van der Waals surface area contributed by atoms with Crippen molar-refractivity contribution in [3.05, 3.63) is 35.9 Å². The van der Waals surface area contributed by atoms with E-state index in [2.05, 4.69) is 5.32 Å². The van der Waals surface area contributed by atoms with Gasteiger partial charge in [0.25, 0.3) is 5.91 Å². The first-order chi connectivity index (χ1) is 8.97. The number of nitrogens with one attached hydrogen (secondary N) is 1. The summed E-state index contributed by atoms with van der Waals surface area (Å²) in [5.41, 5.74) is 5.74. The van der Waals surface area contributed by atoms with Crippen molar-refractivity contribution in [2.24, 2.45) is 11.7 Å². The molecule has 0 spiro atoms. The third-order valence-corrected chi connectivity index (χ3v) is 3.18. The molecule has 104 valence electrons. The van der Waals surface area contributed by atoms with Gasteiger partial charge in [-0.3, -0.25) is 9.59 Å². The summed E-state index contributed by atoms with van der Waals surface area (Å²) in [5, 5.41) is 12.4. The zero-order chi connectivity index (χ0) is 14.4. The topological polar surface area (TPSA) is 92.4 Å². The summed E-state index contributed by atoms with van der Waals surface area (Å²) in [6.07, 6.45) is -0.595. The molecular formula is C14H20N2O3. The number of amides is 2. The second kappa shape index (κ2) is 6.89. The van der Waals surface area contributed by atoms with E-state index in [1.807, 2.05) is 13.8 Å². The molecule has 2 amide bonds. The number of benzene rings is 1. The highest BCUT2D eigenvalue weighted by Gasteiger charge is 2.27. The smallest absolute Gasteiger partial charge is 0.254 e. The fourth-order valence-corrected chi connectivity index (χ4v) is 1.75. The van der Waals surface area contributed by atoms with Gasteiger partial charge in [-0.25, -0.2) is 0 Å². The molecule has 1 rings (SSSR count). The molecule has 1 aromatic carbocycles. The van der Waals surface area contributed by atoms with Gasteiger partial charge in [0.05, 0.1) is 0 Å². The van der Waals surface area contributed by atoms with Crippen LogP contribution in [0.1, 0.15) is 31.9 Å². The summed E-state index contributed by atoms with van der Waals surface area (Å²) in [7, 11) is 0. The Morgan fingerprint density at radius 3 is 2.37 bits per heavy atom. The lowest BCUT2D eigenvalue weighted by molar-refractivity contribution is -0.134. The van der Waals surface area contributed by atoms with Gasteiger partial charge in [0.15, 0.2) is 6.10 Å². The lowest BCUT2D eigenvalue weighted by Crippen LogP contribution is -2.49. The maximum atomic E-state index is 11.9. The maximum absolute atomic E-state index is 11.9. The molecule has 5 heteroatoms. The van der Waals surface area contributed by atoms with E-state index in [4.69, 9.17) is 5.73 Å². The highest BCUT2D eigenvalue weighted by Crippen LogP contribution is 2.14. The van der Waals surface area contributed by atoms with Crippen LogP contribution in [0.3, 0.4) is 0 Å². The summed E-state index contributed by atoms with van der Waals surface area (Å²) >= 11 is 0. The molecule has 0 aliphatic carbocycles. The predicted octanol–water partition coefficient (Wildman–Crippen LogP) is 0.736. The molecule has 0 saturated heterocycles. The average molecular weight is 264 g/mol. The molecule has 0 bridgehead atoms. The number of hydrogen-bond acceptors (Lipinski definition) is 3. The highest BCUT2D eigenvalue weighted by molar-refractivity contribution is 5.89. The van der Waals surface area contributed by atoms with Crippen LogP contribution in [0.5, 0.6) is 0 Å². The maximum Gasteiger partial charge on any atom is 0.254 e. The van der Waals surface area contributed by atoms with Crippen LogP contribution in [0.2, 0.25) is 0 Å². The summed E-state index contributed by atoms with van der Waals surface area (Å²) in [5.74, 6) is -1.29. The van der Waals surface area contributed by atoms with E-state index in [-0.39, 0.29) is 5.92 Å². The van der Waals surface area contributed by atoms with Gasteiger partial charge in [0, 0.05) is 0 Å². The van der Waals surface area contributed by atoms with Crippen LogP contribution < -0.4 is 11.1 Å². The van der Waals surface area contributed by atoms with Crippen LogP contribution in [0.4, 0.5) is 0 Å². The van der Waals surface area contributed by atoms with Gasteiger partial charge in [0.1, 0.15) is 6.04 Å². The Labute approximate surface area is 112 Å². The predicted molar refractivity (Wildman–Crippen MR) is 72.0 cm³/mol. The molecule has 0 aliphatic rings. The number of rotatable bonds is 6. The summed E-state index contributed by atoms with van der Waals surface area (Å²) in [6, 6.07) is 7.77. The van der Waals surface area contributed by atoms with E-state index >= 15 is 0 Å². The first-order valence-corrected chi connectivity index (χ1v) is 6.30. The summed E-state index contributed by atoms with van der Waals surface area (Å²) < 4.78 is 0. The van der Waals surface area contributed by atoms with Crippen LogP contribution in [-0.2, 0) is 9.59 Å². The average Bonchev–Trinajstić information content (AvgIpc) is 2.43. The molecule has 0 unspecified atom stereocenters. The second-order valence-electron chi connectivity index (χ2n) is 4.59. The van der Waals surface area contributed by atoms with Crippen molar-refractivity contribution < 1.29 is 14.7 Å². The Hall–Kier alpha value is -1.88. The quantitative estimate of drug-likeness (QED) is 0.707. The summed E-state index contributed by atoms with van der Waals surface area (Å²) in [4.78, 5) is 23.2. The zero-order valence-electron chi connectivity index (χ0n) is 11.2. The standard InChI is InChI=1S/C14H20N2O3/c1-3-9(2)11(13(15)18)16-14(19)12(17)10-7-5-4-6-8-10/h4-9,11-12,17H,3H2,1-2H3,(H2,15,18)(H,16,19)/t9-,11-,12-/m0/s1. The molecule has 1 aromatic rings. The SMILES string of the molecule is CC[C@H](C)[C@H](NC(=O)[C@@H](O)c1ccccc1)C(N)=O. The monoisotopic (exact) mass is 264 g/mol. The fraction of sp³-hybridized carbons (Fsp3) is 0.429. The Morgan fingerprint density at radius 2 is 1.89 bits per heavy atom. The highest BCUT2D eigenvalue weighted by atomic mass is 16.3. The number of aliphatic hydroxyl groups excluding tert-OH is 1. The second-order valence-corrected chi connectivity index (χ2v) is 4.59. The van der Waals surface area contributed by atoms with E-state index in [1.165, 1.54) is 0 Å². The van der Waals surface area contributed by atoms with Crippen molar-refractivity contribution in [2.75, 3.05) is 0 Å². The van der Waals surface area contributed by atoms with E-state index in [0.717, 1.165) is 0 Å². The number of hydrogen-bond donors (Lipinski definition) is 3. The van der Waals surface area contributed by atoms with Gasteiger partial charge >= 0.3 is 0 Å². The summed E-state index contributed by atoms with van der Waals surface area (Å²) in [6.45, 7) is 3.73. The van der Waals surface area contributed by atoms with Crippen molar-refractivity contribution in [2.45, 2.75) is 32.4 Å². The van der Waals surface area contributed by atoms with Crippen molar-refractivity contribution in [1.29, 1.82) is 0 Å². The first kappa shape index (κ1) is 15.2. The van der Waals surface area contributed by atoms with E-state index in [9.17, 15) is 14.7 Å². The van der Waals surface area contributed by atoms with Crippen LogP contribution in [-0.4, -0.2) is 23.0 Å². The molecule has 0 radical (unpaired) electrons. The molecule has 0 heterocycles. The molecule has 5 nitrogen and oxygen atoms in total. The number of primary amides is 1. The van der Waals surface area contributed by atoms with Crippen molar-refractivity contribution >= 4 is 11.8 Å². The third kappa shape index (κ3) is 4.06. The lowest BCUT2D eigenvalue weighted by atomic mass is 9.98. The molecule has 3 atom stereocenters. The minimum absolute atomic E-state index is 0.0792. The van der Waals surface area contributed by atoms with Crippen molar-refractivity contribution in [3.8, 4) is 0 Å². The van der Waals surface area contributed by atoms with Gasteiger partial charge in [0.2, 0.25) is 5.91 Å². The van der Waals surface area contributed by atoms with E-state index in [0.29, 0.717) is 12.0 Å². The molecule has 4 N–H and O–H groups in total. The van der Waals surface area contributed by atoms with Crippen molar-refractivity contribution in [1.82, 2.24) is 5.32 Å². The molecule has 0 aromatic heterocycles.